The highest BCUT2D eigenvalue weighted by atomic mass is 14.8. The fourth-order valence-corrected chi connectivity index (χ4v) is 1.39. The molecule has 11 heavy (non-hydrogen) atoms. The van der Waals surface area contributed by atoms with E-state index in [1.807, 2.05) is 0 Å². The van der Waals surface area contributed by atoms with Crippen molar-refractivity contribution < 1.29 is 0 Å². The molecule has 1 unspecified atom stereocenters. The molecule has 1 rings (SSSR count). The molecule has 0 amide bonds. The topological polar surface area (TPSA) is 12.0 Å². The summed E-state index contributed by atoms with van der Waals surface area (Å²) in [5, 5.41) is 3.23. The summed E-state index contributed by atoms with van der Waals surface area (Å²) in [7, 11) is 0. The zero-order chi connectivity index (χ0) is 7.94. The average Bonchev–Trinajstić information content (AvgIpc) is 2.07. The summed E-state index contributed by atoms with van der Waals surface area (Å²) in [5.74, 6) is 3.39. The van der Waals surface area contributed by atoms with Crippen LogP contribution in [0.25, 0.3) is 0 Å². The average molecular weight is 149 g/mol. The van der Waals surface area contributed by atoms with Gasteiger partial charge in [0.05, 0.1) is 6.54 Å². The molecule has 0 radical (unpaired) electrons. The third-order valence-corrected chi connectivity index (χ3v) is 2.04. The van der Waals surface area contributed by atoms with E-state index in [9.17, 15) is 0 Å². The Labute approximate surface area is 68.9 Å². The fraction of sp³-hybridized carbons (Fsp3) is 0.600. The van der Waals surface area contributed by atoms with E-state index >= 15 is 0 Å². The first-order chi connectivity index (χ1) is 5.43. The quantitative estimate of drug-likeness (QED) is 0.365. The Morgan fingerprint density at radius 2 is 2.45 bits per heavy atom. The molecule has 0 bridgehead atoms. The number of rotatable bonds is 3. The Bertz CT molecular complexity index is 164. The summed E-state index contributed by atoms with van der Waals surface area (Å²) >= 11 is 0. The van der Waals surface area contributed by atoms with Crippen molar-refractivity contribution >= 4 is 0 Å². The maximum absolute atomic E-state index is 5.12. The van der Waals surface area contributed by atoms with Crippen LogP contribution in [0.1, 0.15) is 19.3 Å². The first-order valence-corrected chi connectivity index (χ1v) is 4.22. The van der Waals surface area contributed by atoms with Crippen LogP contribution in [-0.2, 0) is 0 Å². The van der Waals surface area contributed by atoms with Crippen LogP contribution in [0.5, 0.6) is 0 Å². The highest BCUT2D eigenvalue weighted by molar-refractivity contribution is 4.92. The van der Waals surface area contributed by atoms with Crippen LogP contribution in [0.2, 0.25) is 0 Å². The van der Waals surface area contributed by atoms with Crippen molar-refractivity contribution in [1.29, 1.82) is 0 Å². The molecule has 1 N–H and O–H groups in total. The first kappa shape index (κ1) is 8.36. The Hall–Kier alpha value is -0.740. The van der Waals surface area contributed by atoms with Gasteiger partial charge in [0.15, 0.2) is 0 Å². The van der Waals surface area contributed by atoms with Gasteiger partial charge in [0.25, 0.3) is 0 Å². The van der Waals surface area contributed by atoms with Crippen molar-refractivity contribution in [2.24, 2.45) is 5.92 Å². The van der Waals surface area contributed by atoms with Crippen molar-refractivity contribution in [2.75, 3.05) is 13.1 Å². The molecule has 0 aromatic carbocycles. The Balaban J connectivity index is 2.07. The third kappa shape index (κ3) is 3.25. The minimum Gasteiger partial charge on any atom is -0.306 e. The first-order valence-electron chi connectivity index (χ1n) is 4.22. The lowest BCUT2D eigenvalue weighted by molar-refractivity contribution is 0.452. The maximum Gasteiger partial charge on any atom is 0.0573 e. The minimum absolute atomic E-state index is 0.709. The second-order valence-electron chi connectivity index (χ2n) is 2.99. The zero-order valence-electron chi connectivity index (χ0n) is 6.84. The van der Waals surface area contributed by atoms with E-state index < -0.39 is 0 Å². The van der Waals surface area contributed by atoms with Crippen LogP contribution in [0, 0.1) is 18.3 Å². The molecule has 1 aliphatic rings. The minimum atomic E-state index is 0.709. The van der Waals surface area contributed by atoms with Gasteiger partial charge in [-0.15, -0.1) is 6.42 Å². The molecule has 1 aliphatic carbocycles. The second-order valence-corrected chi connectivity index (χ2v) is 2.99. The summed E-state index contributed by atoms with van der Waals surface area (Å²) < 4.78 is 0. The molecule has 60 valence electrons. The van der Waals surface area contributed by atoms with E-state index in [0.29, 0.717) is 6.54 Å². The van der Waals surface area contributed by atoms with Gasteiger partial charge < -0.3 is 5.32 Å². The number of hydrogen-bond acceptors (Lipinski definition) is 1. The Kier molecular flexibility index (Phi) is 3.79. The molecule has 0 aliphatic heterocycles. The summed E-state index contributed by atoms with van der Waals surface area (Å²) in [6, 6.07) is 0. The van der Waals surface area contributed by atoms with Gasteiger partial charge in [0.1, 0.15) is 0 Å². The van der Waals surface area contributed by atoms with Crippen LogP contribution < -0.4 is 5.32 Å². The summed E-state index contributed by atoms with van der Waals surface area (Å²) in [6.45, 7) is 1.79. The number of nitrogens with one attached hydrogen (secondary N) is 1. The van der Waals surface area contributed by atoms with Crippen molar-refractivity contribution in [3.63, 3.8) is 0 Å². The van der Waals surface area contributed by atoms with Gasteiger partial charge in [-0.2, -0.15) is 0 Å². The van der Waals surface area contributed by atoms with Gasteiger partial charge in [-0.25, -0.2) is 0 Å². The Morgan fingerprint density at radius 3 is 3.09 bits per heavy atom. The lowest BCUT2D eigenvalue weighted by atomic mass is 9.94. The van der Waals surface area contributed by atoms with E-state index in [4.69, 9.17) is 6.42 Å². The Morgan fingerprint density at radius 1 is 1.55 bits per heavy atom. The van der Waals surface area contributed by atoms with Gasteiger partial charge in [-0.1, -0.05) is 18.1 Å². The van der Waals surface area contributed by atoms with E-state index in [1.165, 1.54) is 19.3 Å². The zero-order valence-corrected chi connectivity index (χ0v) is 6.84. The predicted octanol–water partition coefficient (Wildman–Crippen LogP) is 1.57. The lowest BCUT2D eigenvalue weighted by Gasteiger charge is -2.17. The molecule has 0 fully saturated rings. The highest BCUT2D eigenvalue weighted by Gasteiger charge is 2.07. The standard InChI is InChI=1S/C10H15N/c1-2-8-11-9-10-6-4-3-5-7-10/h1,3-4,10-11H,5-9H2. The molecule has 1 heteroatoms. The van der Waals surface area contributed by atoms with Crippen LogP contribution in [0.15, 0.2) is 12.2 Å². The highest BCUT2D eigenvalue weighted by Crippen LogP contribution is 2.16. The largest absolute Gasteiger partial charge is 0.306 e. The van der Waals surface area contributed by atoms with E-state index in [-0.39, 0.29) is 0 Å². The molecule has 0 aromatic rings. The SMILES string of the molecule is C#CCNCC1CC=CCC1. The second kappa shape index (κ2) is 4.98. The molecular formula is C10H15N. The number of terminal acetylenes is 1. The summed E-state index contributed by atoms with van der Waals surface area (Å²) in [4.78, 5) is 0. The molecule has 0 heterocycles. The van der Waals surface area contributed by atoms with Crippen molar-refractivity contribution in [3.8, 4) is 12.3 Å². The van der Waals surface area contributed by atoms with Crippen LogP contribution >= 0.6 is 0 Å². The van der Waals surface area contributed by atoms with E-state index in [2.05, 4.69) is 23.4 Å². The van der Waals surface area contributed by atoms with Gasteiger partial charge in [-0.3, -0.25) is 0 Å². The molecule has 0 saturated carbocycles. The summed E-state index contributed by atoms with van der Waals surface area (Å²) in [5.41, 5.74) is 0. The van der Waals surface area contributed by atoms with Crippen molar-refractivity contribution in [2.45, 2.75) is 19.3 Å². The molecule has 0 saturated heterocycles. The fourth-order valence-electron chi connectivity index (χ4n) is 1.39. The molecule has 0 spiro atoms. The molecule has 1 atom stereocenters. The normalized spacial score (nSPS) is 23.0. The molecular weight excluding hydrogens is 134 g/mol. The summed E-state index contributed by atoms with van der Waals surface area (Å²) in [6.07, 6.45) is 13.4. The predicted molar refractivity (Wildman–Crippen MR) is 48.2 cm³/mol. The molecule has 0 aromatic heterocycles. The van der Waals surface area contributed by atoms with Crippen molar-refractivity contribution in [1.82, 2.24) is 5.32 Å². The van der Waals surface area contributed by atoms with Crippen LogP contribution in [-0.4, -0.2) is 13.1 Å². The van der Waals surface area contributed by atoms with E-state index in [0.717, 1.165) is 12.5 Å². The number of allylic oxidation sites excluding steroid dienone is 2. The van der Waals surface area contributed by atoms with Crippen LogP contribution in [0.3, 0.4) is 0 Å². The third-order valence-electron chi connectivity index (χ3n) is 2.04. The molecule has 1 nitrogen and oxygen atoms in total. The van der Waals surface area contributed by atoms with Gasteiger partial charge in [-0.05, 0) is 31.7 Å². The van der Waals surface area contributed by atoms with Gasteiger partial charge >= 0.3 is 0 Å². The van der Waals surface area contributed by atoms with Gasteiger partial charge in [0, 0.05) is 0 Å². The van der Waals surface area contributed by atoms with Crippen molar-refractivity contribution in [3.05, 3.63) is 12.2 Å². The maximum atomic E-state index is 5.12. The monoisotopic (exact) mass is 149 g/mol. The smallest absolute Gasteiger partial charge is 0.0573 e. The van der Waals surface area contributed by atoms with Crippen LogP contribution in [0.4, 0.5) is 0 Å². The van der Waals surface area contributed by atoms with Gasteiger partial charge in [0.2, 0.25) is 0 Å². The lowest BCUT2D eigenvalue weighted by Crippen LogP contribution is -2.23. The number of hydrogen-bond donors (Lipinski definition) is 1. The van der Waals surface area contributed by atoms with E-state index in [1.54, 1.807) is 0 Å².